The molecule has 4 aromatic rings. The first-order valence-corrected chi connectivity index (χ1v) is 12.2. The number of thiophene rings is 1. The highest BCUT2D eigenvalue weighted by atomic mass is 32.1. The zero-order valence-corrected chi connectivity index (χ0v) is 20.4. The van der Waals surface area contributed by atoms with Crippen molar-refractivity contribution in [3.8, 4) is 11.1 Å². The summed E-state index contributed by atoms with van der Waals surface area (Å²) < 4.78 is 0. The second-order valence-corrected chi connectivity index (χ2v) is 9.61. The van der Waals surface area contributed by atoms with Gasteiger partial charge in [0.15, 0.2) is 0 Å². The van der Waals surface area contributed by atoms with Crippen molar-refractivity contribution in [3.05, 3.63) is 87.9 Å². The predicted molar refractivity (Wildman–Crippen MR) is 137 cm³/mol. The van der Waals surface area contributed by atoms with Crippen LogP contribution < -0.4 is 9.80 Å². The molecule has 3 heterocycles. The maximum absolute atomic E-state index is 13.7. The number of hydrogen-bond acceptors (Lipinski definition) is 4. The number of para-hydroxylation sites is 1. The fourth-order valence-corrected chi connectivity index (χ4v) is 5.27. The van der Waals surface area contributed by atoms with Gasteiger partial charge in [-0.05, 0) is 52.1 Å². The highest BCUT2D eigenvalue weighted by molar-refractivity contribution is 7.08. The van der Waals surface area contributed by atoms with Crippen molar-refractivity contribution in [2.45, 2.75) is 32.7 Å². The Morgan fingerprint density at radius 1 is 1.09 bits per heavy atom. The molecule has 2 aromatic carbocycles. The van der Waals surface area contributed by atoms with Crippen LogP contribution in [0.5, 0.6) is 0 Å². The van der Waals surface area contributed by atoms with E-state index in [1.807, 2.05) is 53.4 Å². The van der Waals surface area contributed by atoms with Gasteiger partial charge in [0.25, 0.3) is 5.91 Å². The molecule has 7 heteroatoms. The van der Waals surface area contributed by atoms with Crippen LogP contribution in [0, 0.1) is 0 Å². The van der Waals surface area contributed by atoms with Crippen LogP contribution in [-0.4, -0.2) is 29.1 Å². The predicted octanol–water partition coefficient (Wildman–Crippen LogP) is 5.99. The number of hydrogen-bond donors (Lipinski definition) is 1. The largest absolute Gasteiger partial charge is 0.315 e. The minimum Gasteiger partial charge on any atom is -0.315 e. The average molecular weight is 471 g/mol. The number of fused-ring (bicyclic) bond motifs is 1. The Bertz CT molecular complexity index is 1360. The third-order valence-electron chi connectivity index (χ3n) is 6.41. The number of aromatic nitrogens is 2. The van der Waals surface area contributed by atoms with E-state index < -0.39 is 6.04 Å². The molecule has 1 aliphatic rings. The van der Waals surface area contributed by atoms with E-state index in [0.29, 0.717) is 5.69 Å². The van der Waals surface area contributed by atoms with Crippen LogP contribution in [0.2, 0.25) is 0 Å². The van der Waals surface area contributed by atoms with E-state index in [-0.39, 0.29) is 17.7 Å². The second-order valence-electron chi connectivity index (χ2n) is 8.83. The number of nitrogens with one attached hydrogen (secondary N) is 1. The van der Waals surface area contributed by atoms with Crippen molar-refractivity contribution in [1.82, 2.24) is 10.2 Å². The summed E-state index contributed by atoms with van der Waals surface area (Å²) in [5.74, 6) is -0.0585. The smallest absolute Gasteiger partial charge is 0.277 e. The lowest BCUT2D eigenvalue weighted by molar-refractivity contribution is -0.116. The summed E-state index contributed by atoms with van der Waals surface area (Å²) >= 11 is 1.66. The molecule has 0 spiro atoms. The molecular formula is C27H26N4O2S. The van der Waals surface area contributed by atoms with Crippen LogP contribution in [0.25, 0.3) is 11.1 Å². The number of carbonyl (C=O) groups is 2. The van der Waals surface area contributed by atoms with Gasteiger partial charge in [0, 0.05) is 36.5 Å². The molecule has 0 saturated heterocycles. The third kappa shape index (κ3) is 3.53. The van der Waals surface area contributed by atoms with Crippen molar-refractivity contribution in [1.29, 1.82) is 0 Å². The van der Waals surface area contributed by atoms with Crippen molar-refractivity contribution < 1.29 is 9.59 Å². The van der Waals surface area contributed by atoms with Crippen LogP contribution in [0.15, 0.2) is 65.4 Å². The Morgan fingerprint density at radius 3 is 2.47 bits per heavy atom. The number of rotatable bonds is 5. The molecule has 1 atom stereocenters. The van der Waals surface area contributed by atoms with Gasteiger partial charge in [0.1, 0.15) is 5.69 Å². The molecule has 1 N–H and O–H groups in total. The first-order chi connectivity index (χ1) is 16.4. The molecule has 172 valence electrons. The van der Waals surface area contributed by atoms with Gasteiger partial charge < -0.3 is 4.90 Å². The molecule has 0 saturated carbocycles. The quantitative estimate of drug-likeness (QED) is 0.389. The fraction of sp³-hybridized carbons (Fsp3) is 0.222. The monoisotopic (exact) mass is 470 g/mol. The van der Waals surface area contributed by atoms with Gasteiger partial charge in [-0.25, -0.2) is 0 Å². The van der Waals surface area contributed by atoms with Gasteiger partial charge in [-0.3, -0.25) is 19.6 Å². The zero-order chi connectivity index (χ0) is 24.0. The van der Waals surface area contributed by atoms with Crippen molar-refractivity contribution in [3.63, 3.8) is 0 Å². The number of benzene rings is 2. The first kappa shape index (κ1) is 22.1. The second kappa shape index (κ2) is 8.57. The van der Waals surface area contributed by atoms with Crippen molar-refractivity contribution >= 4 is 34.5 Å². The summed E-state index contributed by atoms with van der Waals surface area (Å²) in [5, 5.41) is 11.7. The number of carbonyl (C=O) groups excluding carboxylic acids is 2. The fourth-order valence-electron chi connectivity index (χ4n) is 4.61. The highest BCUT2D eigenvalue weighted by Gasteiger charge is 2.44. The van der Waals surface area contributed by atoms with Gasteiger partial charge >= 0.3 is 0 Å². The molecule has 6 nitrogen and oxygen atoms in total. The lowest BCUT2D eigenvalue weighted by atomic mass is 9.93. The summed E-state index contributed by atoms with van der Waals surface area (Å²) in [7, 11) is 1.76. The molecule has 2 aromatic heterocycles. The lowest BCUT2D eigenvalue weighted by Gasteiger charge is -2.30. The Balaban J connectivity index is 1.68. The molecule has 34 heavy (non-hydrogen) atoms. The number of nitrogens with zero attached hydrogens (tertiary/aromatic N) is 3. The maximum atomic E-state index is 13.7. The van der Waals surface area contributed by atoms with E-state index in [4.69, 9.17) is 0 Å². The SMILES string of the molecule is CC(=O)N(C)c1ccccc1C1c2c(C(C)C)n[nH]c2C(=O)N1c1ccc(-c2ccsc2)cc1. The van der Waals surface area contributed by atoms with Gasteiger partial charge in [0.2, 0.25) is 5.91 Å². The molecule has 2 amide bonds. The molecule has 0 aliphatic carbocycles. The molecule has 5 rings (SSSR count). The first-order valence-electron chi connectivity index (χ1n) is 11.3. The van der Waals surface area contributed by atoms with Gasteiger partial charge in [0.05, 0.1) is 11.7 Å². The zero-order valence-electron chi connectivity index (χ0n) is 19.6. The Morgan fingerprint density at radius 2 is 1.82 bits per heavy atom. The van der Waals surface area contributed by atoms with Crippen LogP contribution in [-0.2, 0) is 4.79 Å². The molecule has 0 radical (unpaired) electrons. The normalized spacial score (nSPS) is 15.1. The van der Waals surface area contributed by atoms with E-state index in [0.717, 1.165) is 39.3 Å². The topological polar surface area (TPSA) is 69.3 Å². The Kier molecular flexibility index (Phi) is 5.57. The maximum Gasteiger partial charge on any atom is 0.277 e. The summed E-state index contributed by atoms with van der Waals surface area (Å²) in [5.41, 5.74) is 6.98. The van der Waals surface area contributed by atoms with Crippen LogP contribution in [0.4, 0.5) is 11.4 Å². The van der Waals surface area contributed by atoms with Gasteiger partial charge in [-0.2, -0.15) is 16.4 Å². The average Bonchev–Trinajstić information content (AvgIpc) is 3.57. The number of aromatic amines is 1. The van der Waals surface area contributed by atoms with E-state index in [9.17, 15) is 9.59 Å². The van der Waals surface area contributed by atoms with Crippen molar-refractivity contribution in [2.75, 3.05) is 16.8 Å². The van der Waals surface area contributed by atoms with E-state index in [1.165, 1.54) is 0 Å². The number of anilines is 2. The van der Waals surface area contributed by atoms with E-state index >= 15 is 0 Å². The standard InChI is InChI=1S/C27H26N4O2S/c1-16(2)24-23-25(29-28-24)27(33)31(20-11-9-18(10-12-20)19-13-14-34-15-19)26(23)21-7-5-6-8-22(21)30(4)17(3)32/h5-16,26H,1-4H3,(H,28,29). The lowest BCUT2D eigenvalue weighted by Crippen LogP contribution is -2.32. The van der Waals surface area contributed by atoms with Crippen molar-refractivity contribution in [2.24, 2.45) is 0 Å². The van der Waals surface area contributed by atoms with Crippen LogP contribution >= 0.6 is 11.3 Å². The minimum absolute atomic E-state index is 0.0695. The van der Waals surface area contributed by atoms with Crippen LogP contribution in [0.1, 0.15) is 60.0 Å². The molecule has 0 bridgehead atoms. The number of amides is 2. The summed E-state index contributed by atoms with van der Waals surface area (Å²) in [6.07, 6.45) is 0. The highest BCUT2D eigenvalue weighted by Crippen LogP contribution is 2.46. The van der Waals surface area contributed by atoms with E-state index in [2.05, 4.69) is 40.9 Å². The summed E-state index contributed by atoms with van der Waals surface area (Å²) in [4.78, 5) is 29.4. The molecule has 1 unspecified atom stereocenters. The number of H-pyrrole nitrogens is 1. The minimum atomic E-state index is -0.399. The van der Waals surface area contributed by atoms with Gasteiger partial charge in [-0.1, -0.05) is 44.2 Å². The molecule has 1 aliphatic heterocycles. The van der Waals surface area contributed by atoms with E-state index in [1.54, 1.807) is 30.2 Å². The third-order valence-corrected chi connectivity index (χ3v) is 7.09. The molecule has 0 fully saturated rings. The van der Waals surface area contributed by atoms with Crippen LogP contribution in [0.3, 0.4) is 0 Å². The molecular weight excluding hydrogens is 444 g/mol. The Hall–Kier alpha value is -3.71. The summed E-state index contributed by atoms with van der Waals surface area (Å²) in [6, 6.07) is 17.5. The summed E-state index contributed by atoms with van der Waals surface area (Å²) in [6.45, 7) is 5.69. The Labute approximate surface area is 202 Å². The van der Waals surface area contributed by atoms with Gasteiger partial charge in [-0.15, -0.1) is 0 Å².